The number of halogens is 1. The van der Waals surface area contributed by atoms with Gasteiger partial charge in [-0.05, 0) is 33.6 Å². The average Bonchev–Trinajstić information content (AvgIpc) is 2.35. The summed E-state index contributed by atoms with van der Waals surface area (Å²) in [6.45, 7) is 0. The van der Waals surface area contributed by atoms with Gasteiger partial charge >= 0.3 is 0 Å². The summed E-state index contributed by atoms with van der Waals surface area (Å²) in [6.07, 6.45) is 3.77. The molecule has 0 saturated heterocycles. The molecule has 4 heteroatoms. The van der Waals surface area contributed by atoms with Crippen molar-refractivity contribution in [3.8, 4) is 17.6 Å². The molecule has 2 rings (SSSR count). The molecule has 3 nitrogen and oxygen atoms in total. The van der Waals surface area contributed by atoms with E-state index in [0.29, 0.717) is 12.2 Å². The predicted octanol–water partition coefficient (Wildman–Crippen LogP) is 3.70. The third kappa shape index (κ3) is 3.05. The van der Waals surface area contributed by atoms with E-state index in [1.807, 2.05) is 24.3 Å². The molecule has 0 N–H and O–H groups in total. The average molecular weight is 289 g/mol. The number of hydrogen-bond acceptors (Lipinski definition) is 3. The molecule has 84 valence electrons. The van der Waals surface area contributed by atoms with Gasteiger partial charge in [-0.2, -0.15) is 5.26 Å². The third-order valence-corrected chi connectivity index (χ3v) is 2.77. The Kier molecular flexibility index (Phi) is 3.73. The lowest BCUT2D eigenvalue weighted by atomic mass is 10.2. The zero-order valence-corrected chi connectivity index (χ0v) is 10.5. The molecule has 0 amide bonds. The second kappa shape index (κ2) is 5.46. The van der Waals surface area contributed by atoms with Gasteiger partial charge in [-0.25, -0.2) is 0 Å². The molecular formula is C13H9BrN2O. The van der Waals surface area contributed by atoms with Crippen LogP contribution in [-0.2, 0) is 6.42 Å². The Morgan fingerprint density at radius 3 is 2.65 bits per heavy atom. The number of pyridine rings is 1. The summed E-state index contributed by atoms with van der Waals surface area (Å²) in [5, 5.41) is 8.57. The van der Waals surface area contributed by atoms with Crippen molar-refractivity contribution in [3.63, 3.8) is 0 Å². The maximum absolute atomic E-state index is 8.57. The Labute approximate surface area is 108 Å². The predicted molar refractivity (Wildman–Crippen MR) is 67.8 cm³/mol. The molecule has 1 aromatic carbocycles. The number of benzene rings is 1. The summed E-state index contributed by atoms with van der Waals surface area (Å²) in [5.41, 5.74) is 0.980. The quantitative estimate of drug-likeness (QED) is 0.865. The summed E-state index contributed by atoms with van der Waals surface area (Å²) >= 11 is 3.36. The molecule has 0 radical (unpaired) electrons. The lowest BCUT2D eigenvalue weighted by Gasteiger charge is -2.07. The zero-order valence-electron chi connectivity index (χ0n) is 8.93. The lowest BCUT2D eigenvalue weighted by Crippen LogP contribution is -1.87. The number of aromatic nitrogens is 1. The topological polar surface area (TPSA) is 45.9 Å². The number of rotatable bonds is 3. The van der Waals surface area contributed by atoms with Crippen LogP contribution in [0.1, 0.15) is 5.56 Å². The van der Waals surface area contributed by atoms with Crippen LogP contribution in [0.15, 0.2) is 47.2 Å². The maximum atomic E-state index is 8.57. The van der Waals surface area contributed by atoms with Gasteiger partial charge in [0, 0.05) is 18.5 Å². The first kappa shape index (κ1) is 11.6. The van der Waals surface area contributed by atoms with Gasteiger partial charge in [-0.15, -0.1) is 0 Å². The molecular weight excluding hydrogens is 280 g/mol. The molecule has 2 aromatic rings. The number of hydrogen-bond donors (Lipinski definition) is 0. The molecule has 0 atom stereocenters. The second-order valence-electron chi connectivity index (χ2n) is 3.39. The van der Waals surface area contributed by atoms with E-state index >= 15 is 0 Å². The SMILES string of the molecule is N#CCc1ccc(Oc2ccncc2Br)cc1. The molecule has 1 heterocycles. The Hall–Kier alpha value is -1.86. The highest BCUT2D eigenvalue weighted by molar-refractivity contribution is 9.10. The molecule has 1 aromatic heterocycles. The van der Waals surface area contributed by atoms with Crippen molar-refractivity contribution in [3.05, 3.63) is 52.8 Å². The molecule has 0 aliphatic rings. The van der Waals surface area contributed by atoms with Crippen molar-refractivity contribution < 1.29 is 4.74 Å². The Balaban J connectivity index is 2.15. The first-order valence-corrected chi connectivity index (χ1v) is 5.82. The molecule has 0 spiro atoms. The van der Waals surface area contributed by atoms with E-state index in [-0.39, 0.29) is 0 Å². The molecule has 0 fully saturated rings. The normalized spacial score (nSPS) is 9.65. The summed E-state index contributed by atoms with van der Waals surface area (Å²) in [6, 6.07) is 11.3. The van der Waals surface area contributed by atoms with Gasteiger partial charge in [0.25, 0.3) is 0 Å². The van der Waals surface area contributed by atoms with Crippen LogP contribution in [0.3, 0.4) is 0 Å². The fourth-order valence-corrected chi connectivity index (χ4v) is 1.67. The van der Waals surface area contributed by atoms with Gasteiger partial charge in [-0.1, -0.05) is 12.1 Å². The van der Waals surface area contributed by atoms with E-state index in [9.17, 15) is 0 Å². The summed E-state index contributed by atoms with van der Waals surface area (Å²) in [7, 11) is 0. The minimum Gasteiger partial charge on any atom is -0.456 e. The Morgan fingerprint density at radius 2 is 2.00 bits per heavy atom. The third-order valence-electron chi connectivity index (χ3n) is 2.17. The Morgan fingerprint density at radius 1 is 1.24 bits per heavy atom. The van der Waals surface area contributed by atoms with E-state index in [1.54, 1.807) is 18.5 Å². The van der Waals surface area contributed by atoms with Gasteiger partial charge in [0.1, 0.15) is 11.5 Å². The van der Waals surface area contributed by atoms with Crippen LogP contribution < -0.4 is 4.74 Å². The first-order chi connectivity index (χ1) is 8.29. The summed E-state index contributed by atoms with van der Waals surface area (Å²) in [5.74, 6) is 1.45. The highest BCUT2D eigenvalue weighted by Crippen LogP contribution is 2.28. The molecule has 0 saturated carbocycles. The largest absolute Gasteiger partial charge is 0.456 e. The zero-order chi connectivity index (χ0) is 12.1. The lowest BCUT2D eigenvalue weighted by molar-refractivity contribution is 0.478. The van der Waals surface area contributed by atoms with E-state index in [2.05, 4.69) is 27.0 Å². The van der Waals surface area contributed by atoms with Crippen LogP contribution in [0.4, 0.5) is 0 Å². The molecule has 0 aliphatic carbocycles. The Bertz CT molecular complexity index is 546. The van der Waals surface area contributed by atoms with Crippen LogP contribution in [0.5, 0.6) is 11.5 Å². The summed E-state index contributed by atoms with van der Waals surface area (Å²) < 4.78 is 6.48. The van der Waals surface area contributed by atoms with E-state index in [0.717, 1.165) is 15.8 Å². The second-order valence-corrected chi connectivity index (χ2v) is 4.24. The van der Waals surface area contributed by atoms with Gasteiger partial charge in [-0.3, -0.25) is 4.98 Å². The highest BCUT2D eigenvalue weighted by atomic mass is 79.9. The van der Waals surface area contributed by atoms with Crippen LogP contribution in [0.25, 0.3) is 0 Å². The van der Waals surface area contributed by atoms with E-state index in [4.69, 9.17) is 10.00 Å². The van der Waals surface area contributed by atoms with Crippen LogP contribution in [-0.4, -0.2) is 4.98 Å². The van der Waals surface area contributed by atoms with Crippen molar-refractivity contribution in [2.24, 2.45) is 0 Å². The standard InChI is InChI=1S/C13H9BrN2O/c14-12-9-16-8-6-13(12)17-11-3-1-10(2-4-11)5-7-15/h1-4,6,8-9H,5H2. The minimum atomic E-state index is 0.416. The fraction of sp³-hybridized carbons (Fsp3) is 0.0769. The van der Waals surface area contributed by atoms with Crippen LogP contribution in [0, 0.1) is 11.3 Å². The van der Waals surface area contributed by atoms with E-state index < -0.39 is 0 Å². The van der Waals surface area contributed by atoms with Crippen molar-refractivity contribution in [1.29, 1.82) is 5.26 Å². The number of nitriles is 1. The highest BCUT2D eigenvalue weighted by Gasteiger charge is 2.02. The van der Waals surface area contributed by atoms with Crippen LogP contribution in [0.2, 0.25) is 0 Å². The first-order valence-electron chi connectivity index (χ1n) is 5.03. The van der Waals surface area contributed by atoms with Gasteiger partial charge in [0.15, 0.2) is 0 Å². The van der Waals surface area contributed by atoms with E-state index in [1.165, 1.54) is 0 Å². The summed E-state index contributed by atoms with van der Waals surface area (Å²) in [4.78, 5) is 3.96. The maximum Gasteiger partial charge on any atom is 0.144 e. The van der Waals surface area contributed by atoms with Crippen LogP contribution >= 0.6 is 15.9 Å². The van der Waals surface area contributed by atoms with Crippen molar-refractivity contribution in [1.82, 2.24) is 4.98 Å². The fourth-order valence-electron chi connectivity index (χ4n) is 1.34. The number of ether oxygens (including phenoxy) is 1. The molecule has 0 unspecified atom stereocenters. The van der Waals surface area contributed by atoms with Crippen molar-refractivity contribution in [2.75, 3.05) is 0 Å². The smallest absolute Gasteiger partial charge is 0.144 e. The molecule has 0 aliphatic heterocycles. The van der Waals surface area contributed by atoms with Crippen molar-refractivity contribution in [2.45, 2.75) is 6.42 Å². The minimum absolute atomic E-state index is 0.416. The van der Waals surface area contributed by atoms with Gasteiger partial charge in [0.2, 0.25) is 0 Å². The van der Waals surface area contributed by atoms with Gasteiger partial charge < -0.3 is 4.74 Å². The van der Waals surface area contributed by atoms with Gasteiger partial charge in [0.05, 0.1) is 17.0 Å². The molecule has 17 heavy (non-hydrogen) atoms. The number of nitrogens with zero attached hydrogens (tertiary/aromatic N) is 2. The monoisotopic (exact) mass is 288 g/mol. The molecule has 0 bridgehead atoms. The van der Waals surface area contributed by atoms with Crippen molar-refractivity contribution >= 4 is 15.9 Å².